The van der Waals surface area contributed by atoms with Crippen LogP contribution in [0.5, 0.6) is 11.5 Å². The maximum absolute atomic E-state index is 15.9. The minimum absolute atomic E-state index is 0.0117. The van der Waals surface area contributed by atoms with E-state index in [0.717, 1.165) is 22.7 Å². The zero-order valence-electron chi connectivity index (χ0n) is 23.6. The molecule has 1 aliphatic rings. The fraction of sp³-hybridized carbons (Fsp3) is 0.143. The Labute approximate surface area is 261 Å². The van der Waals surface area contributed by atoms with Gasteiger partial charge in [0.1, 0.15) is 11.5 Å². The van der Waals surface area contributed by atoms with Crippen molar-refractivity contribution in [2.45, 2.75) is 31.6 Å². The number of allylic oxidation sites excluding steroid dienone is 2. The van der Waals surface area contributed by atoms with Crippen LogP contribution in [0.2, 0.25) is 0 Å². The van der Waals surface area contributed by atoms with Crippen molar-refractivity contribution in [2.75, 3.05) is 0 Å². The molecule has 6 aromatic rings. The van der Waals surface area contributed by atoms with Crippen LogP contribution < -0.4 is 0 Å². The lowest BCUT2D eigenvalue weighted by Crippen LogP contribution is -2.48. The van der Waals surface area contributed by atoms with E-state index >= 15 is 26.3 Å². The standard InChI is InChI=1S/C35H22F6O2S2/c1-17-29(23-13-11-19(15-27(23)44-17)21-7-3-5-9-25(21)42)31-32(34(38,39)35(40,41)33(31,36)37)30-18(2)45-28-16-20(12-14-24(28)30)22-8-4-6-10-26(22)43/h3-16,42-43H,1-2H3. The van der Waals surface area contributed by atoms with Gasteiger partial charge in [-0.15, -0.1) is 22.7 Å². The number of thiophene rings is 2. The molecule has 4 aromatic carbocycles. The Bertz CT molecular complexity index is 2060. The van der Waals surface area contributed by atoms with Gasteiger partial charge in [-0.2, -0.15) is 26.3 Å². The van der Waals surface area contributed by atoms with Gasteiger partial charge in [-0.1, -0.05) is 60.7 Å². The largest absolute Gasteiger partial charge is 0.507 e. The summed E-state index contributed by atoms with van der Waals surface area (Å²) in [6.07, 6.45) is 0. The van der Waals surface area contributed by atoms with Gasteiger partial charge < -0.3 is 10.2 Å². The van der Waals surface area contributed by atoms with Gasteiger partial charge in [0, 0.05) is 63.3 Å². The number of benzene rings is 4. The third-order valence-corrected chi connectivity index (χ3v) is 10.5. The number of phenolic OH excluding ortho intramolecular Hbond substituents is 2. The Kier molecular flexibility index (Phi) is 6.45. The Balaban J connectivity index is 1.51. The van der Waals surface area contributed by atoms with Crippen molar-refractivity contribution in [2.24, 2.45) is 0 Å². The summed E-state index contributed by atoms with van der Waals surface area (Å²) in [4.78, 5) is 0.360. The smallest absolute Gasteiger partial charge is 0.380 e. The predicted octanol–water partition coefficient (Wildman–Crippen LogP) is 11.3. The second kappa shape index (κ2) is 9.86. The number of hydrogen-bond acceptors (Lipinski definition) is 4. The molecule has 228 valence electrons. The number of para-hydroxylation sites is 2. The molecule has 1 aliphatic carbocycles. The number of aryl methyl sites for hydroxylation is 2. The number of alkyl halides is 6. The highest BCUT2D eigenvalue weighted by Crippen LogP contribution is 2.67. The Morgan fingerprint density at radius 1 is 0.533 bits per heavy atom. The maximum Gasteiger partial charge on any atom is 0.380 e. The van der Waals surface area contributed by atoms with Crippen LogP contribution in [-0.2, 0) is 0 Å². The summed E-state index contributed by atoms with van der Waals surface area (Å²) >= 11 is 2.06. The Morgan fingerprint density at radius 2 is 0.911 bits per heavy atom. The van der Waals surface area contributed by atoms with Crippen molar-refractivity contribution in [1.29, 1.82) is 0 Å². The second-order valence-corrected chi connectivity index (χ2v) is 13.5. The number of phenols is 2. The summed E-state index contributed by atoms with van der Waals surface area (Å²) in [7, 11) is 0. The Morgan fingerprint density at radius 3 is 1.29 bits per heavy atom. The van der Waals surface area contributed by atoms with Crippen LogP contribution in [0.4, 0.5) is 26.3 Å². The zero-order valence-corrected chi connectivity index (χ0v) is 25.2. The Hall–Kier alpha value is -4.28. The lowest BCUT2D eigenvalue weighted by Gasteiger charge is -2.26. The van der Waals surface area contributed by atoms with E-state index in [1.165, 1.54) is 38.1 Å². The molecule has 0 unspecified atom stereocenters. The molecule has 0 spiro atoms. The lowest BCUT2D eigenvalue weighted by atomic mass is 9.91. The SMILES string of the molecule is Cc1sc2cc(-c3ccccc3O)ccc2c1C1=C(c2c(C)sc3cc(-c4ccccc4O)ccc23)C(F)(F)C(F)(F)C1(F)F. The molecule has 10 heteroatoms. The van der Waals surface area contributed by atoms with Gasteiger partial charge in [-0.3, -0.25) is 0 Å². The third-order valence-electron chi connectivity index (χ3n) is 8.33. The van der Waals surface area contributed by atoms with Crippen molar-refractivity contribution in [3.8, 4) is 33.8 Å². The average molecular weight is 653 g/mol. The summed E-state index contributed by atoms with van der Waals surface area (Å²) in [5, 5.41) is 20.9. The van der Waals surface area contributed by atoms with E-state index in [4.69, 9.17) is 0 Å². The van der Waals surface area contributed by atoms with Crippen molar-refractivity contribution in [1.82, 2.24) is 0 Å². The van der Waals surface area contributed by atoms with E-state index in [1.807, 2.05) is 0 Å². The van der Waals surface area contributed by atoms with E-state index in [-0.39, 0.29) is 43.2 Å². The van der Waals surface area contributed by atoms with Crippen molar-refractivity contribution >= 4 is 54.0 Å². The van der Waals surface area contributed by atoms with Crippen LogP contribution in [0.15, 0.2) is 84.9 Å². The molecular weight excluding hydrogens is 631 g/mol. The normalized spacial score (nSPS) is 17.1. The van der Waals surface area contributed by atoms with E-state index in [9.17, 15) is 10.2 Å². The first-order valence-electron chi connectivity index (χ1n) is 13.8. The molecule has 0 aliphatic heterocycles. The molecule has 0 amide bonds. The first-order chi connectivity index (χ1) is 21.3. The highest BCUT2D eigenvalue weighted by molar-refractivity contribution is 7.19. The van der Waals surface area contributed by atoms with Gasteiger partial charge in [0.25, 0.3) is 0 Å². The number of rotatable bonds is 4. The summed E-state index contributed by atoms with van der Waals surface area (Å²) in [5.41, 5.74) is -1.42. The highest BCUT2D eigenvalue weighted by atomic mass is 32.1. The lowest BCUT2D eigenvalue weighted by molar-refractivity contribution is -0.254. The van der Waals surface area contributed by atoms with Crippen molar-refractivity contribution in [3.63, 3.8) is 0 Å². The van der Waals surface area contributed by atoms with Gasteiger partial charge >= 0.3 is 17.8 Å². The monoisotopic (exact) mass is 652 g/mol. The van der Waals surface area contributed by atoms with Crippen LogP contribution >= 0.6 is 22.7 Å². The summed E-state index contributed by atoms with van der Waals surface area (Å²) in [6, 6.07) is 22.3. The zero-order chi connectivity index (χ0) is 32.1. The molecule has 2 heterocycles. The molecule has 0 fully saturated rings. The molecule has 0 radical (unpaired) electrons. The highest BCUT2D eigenvalue weighted by Gasteiger charge is 2.80. The minimum atomic E-state index is -5.70. The maximum atomic E-state index is 15.9. The van der Waals surface area contributed by atoms with E-state index in [0.29, 0.717) is 31.7 Å². The van der Waals surface area contributed by atoms with Crippen LogP contribution in [0.1, 0.15) is 20.9 Å². The van der Waals surface area contributed by atoms with Crippen molar-refractivity contribution in [3.05, 3.63) is 106 Å². The van der Waals surface area contributed by atoms with Crippen molar-refractivity contribution < 1.29 is 36.6 Å². The quantitative estimate of drug-likeness (QED) is 0.186. The van der Waals surface area contributed by atoms with E-state index < -0.39 is 28.9 Å². The molecule has 0 atom stereocenters. The number of aromatic hydroxyl groups is 2. The van der Waals surface area contributed by atoms with Gasteiger partial charge in [0.05, 0.1) is 0 Å². The van der Waals surface area contributed by atoms with Crippen LogP contribution in [-0.4, -0.2) is 28.0 Å². The van der Waals surface area contributed by atoms with Gasteiger partial charge in [-0.25, -0.2) is 0 Å². The molecule has 2 nitrogen and oxygen atoms in total. The average Bonchev–Trinajstić information content (AvgIpc) is 3.52. The van der Waals surface area contributed by atoms with Gasteiger partial charge in [0.2, 0.25) is 0 Å². The third kappa shape index (κ3) is 4.08. The first kappa shape index (κ1) is 29.4. The second-order valence-electron chi connectivity index (χ2n) is 11.0. The number of hydrogen-bond donors (Lipinski definition) is 2. The van der Waals surface area contributed by atoms with E-state index in [2.05, 4.69) is 0 Å². The van der Waals surface area contributed by atoms with Crippen LogP contribution in [0, 0.1) is 13.8 Å². The molecule has 0 saturated carbocycles. The predicted molar refractivity (Wildman–Crippen MR) is 169 cm³/mol. The fourth-order valence-corrected chi connectivity index (χ4v) is 8.44. The summed E-state index contributed by atoms with van der Waals surface area (Å²) < 4.78 is 95.1. The molecule has 2 N–H and O–H groups in total. The van der Waals surface area contributed by atoms with Gasteiger partial charge in [-0.05, 0) is 49.2 Å². The molecular formula is C35H22F6O2S2. The topological polar surface area (TPSA) is 40.5 Å². The molecule has 2 aromatic heterocycles. The molecule has 7 rings (SSSR count). The number of halogens is 6. The summed E-state index contributed by atoms with van der Waals surface area (Å²) in [6.45, 7) is 2.90. The molecule has 0 bridgehead atoms. The summed E-state index contributed by atoms with van der Waals surface area (Å²) in [5.74, 6) is -16.1. The van der Waals surface area contributed by atoms with Crippen LogP contribution in [0.25, 0.3) is 53.6 Å². The number of fused-ring (bicyclic) bond motifs is 2. The fourth-order valence-electron chi connectivity index (χ4n) is 6.22. The van der Waals surface area contributed by atoms with Crippen LogP contribution in [0.3, 0.4) is 0 Å². The minimum Gasteiger partial charge on any atom is -0.507 e. The molecule has 0 saturated heterocycles. The molecule has 45 heavy (non-hydrogen) atoms. The first-order valence-corrected chi connectivity index (χ1v) is 15.4. The van der Waals surface area contributed by atoms with E-state index in [1.54, 1.807) is 60.7 Å². The van der Waals surface area contributed by atoms with Gasteiger partial charge in [0.15, 0.2) is 0 Å².